The van der Waals surface area contributed by atoms with E-state index in [1.807, 2.05) is 24.3 Å². The summed E-state index contributed by atoms with van der Waals surface area (Å²) in [6.45, 7) is 0. The number of carbonyl (C=O) groups excluding carboxylic acids is 2. The summed E-state index contributed by atoms with van der Waals surface area (Å²) in [5, 5.41) is 14.8. The van der Waals surface area contributed by atoms with Crippen LogP contribution in [0.3, 0.4) is 0 Å². The summed E-state index contributed by atoms with van der Waals surface area (Å²) in [6, 6.07) is 20.3. The predicted molar refractivity (Wildman–Crippen MR) is 121 cm³/mol. The van der Waals surface area contributed by atoms with Crippen molar-refractivity contribution in [2.75, 3.05) is 0 Å². The summed E-state index contributed by atoms with van der Waals surface area (Å²) >= 11 is 7.60. The van der Waals surface area contributed by atoms with Crippen molar-refractivity contribution in [1.82, 2.24) is 5.43 Å². The monoisotopic (exact) mass is 450 g/mol. The van der Waals surface area contributed by atoms with Crippen LogP contribution in [0.4, 0.5) is 0 Å². The van der Waals surface area contributed by atoms with Gasteiger partial charge in [-0.15, -0.1) is 11.3 Å². The Kier molecular flexibility index (Phi) is 5.97. The fourth-order valence-electron chi connectivity index (χ4n) is 2.81. The molecule has 0 radical (unpaired) electrons. The topological polar surface area (TPSA) is 88.0 Å². The second-order valence-corrected chi connectivity index (χ2v) is 7.85. The van der Waals surface area contributed by atoms with Crippen LogP contribution in [-0.2, 0) is 0 Å². The Balaban J connectivity index is 1.39. The number of esters is 1. The van der Waals surface area contributed by atoms with Gasteiger partial charge in [-0.3, -0.25) is 4.79 Å². The molecule has 0 saturated heterocycles. The SMILES string of the molecule is O=C(N/N=C/c1ccc(OC(=O)c2sc3ccccc3c2Cl)cc1)c1ccccc1O. The van der Waals surface area contributed by atoms with E-state index >= 15 is 0 Å². The van der Waals surface area contributed by atoms with E-state index in [1.165, 1.54) is 29.7 Å². The number of para-hydroxylation sites is 1. The lowest BCUT2D eigenvalue weighted by Crippen LogP contribution is -2.17. The van der Waals surface area contributed by atoms with Crippen LogP contribution in [0.25, 0.3) is 10.1 Å². The number of carbonyl (C=O) groups is 2. The van der Waals surface area contributed by atoms with Crippen LogP contribution >= 0.6 is 22.9 Å². The van der Waals surface area contributed by atoms with Gasteiger partial charge >= 0.3 is 5.97 Å². The molecule has 0 spiro atoms. The minimum absolute atomic E-state index is 0.125. The summed E-state index contributed by atoms with van der Waals surface area (Å²) in [4.78, 5) is 24.9. The van der Waals surface area contributed by atoms with Crippen molar-refractivity contribution >= 4 is 51.1 Å². The molecule has 31 heavy (non-hydrogen) atoms. The second-order valence-electron chi connectivity index (χ2n) is 6.42. The van der Waals surface area contributed by atoms with E-state index in [1.54, 1.807) is 36.4 Å². The molecule has 2 N–H and O–H groups in total. The van der Waals surface area contributed by atoms with Crippen LogP contribution in [0, 0.1) is 0 Å². The van der Waals surface area contributed by atoms with E-state index in [2.05, 4.69) is 10.5 Å². The van der Waals surface area contributed by atoms with Gasteiger partial charge in [0.15, 0.2) is 0 Å². The average Bonchev–Trinajstić information content (AvgIpc) is 3.12. The molecule has 8 heteroatoms. The lowest BCUT2D eigenvalue weighted by Gasteiger charge is -2.04. The highest BCUT2D eigenvalue weighted by Gasteiger charge is 2.18. The Morgan fingerprint density at radius 3 is 2.45 bits per heavy atom. The van der Waals surface area contributed by atoms with E-state index in [9.17, 15) is 14.7 Å². The van der Waals surface area contributed by atoms with Gasteiger partial charge < -0.3 is 9.84 Å². The Bertz CT molecular complexity index is 1300. The number of nitrogens with one attached hydrogen (secondary N) is 1. The molecule has 0 fully saturated rings. The number of hydrogen-bond acceptors (Lipinski definition) is 6. The van der Waals surface area contributed by atoms with Crippen molar-refractivity contribution in [2.24, 2.45) is 5.10 Å². The quantitative estimate of drug-likeness (QED) is 0.188. The molecule has 4 rings (SSSR count). The van der Waals surface area contributed by atoms with Crippen molar-refractivity contribution in [1.29, 1.82) is 0 Å². The number of ether oxygens (including phenoxy) is 1. The summed E-state index contributed by atoms with van der Waals surface area (Å²) in [6.07, 6.45) is 1.44. The number of fused-ring (bicyclic) bond motifs is 1. The molecular formula is C23H15ClN2O4S. The van der Waals surface area contributed by atoms with Crippen LogP contribution in [0.2, 0.25) is 5.02 Å². The van der Waals surface area contributed by atoms with Crippen LogP contribution in [0.5, 0.6) is 11.5 Å². The number of amides is 1. The predicted octanol–water partition coefficient (Wildman–Crippen LogP) is 5.24. The van der Waals surface area contributed by atoms with E-state index in [-0.39, 0.29) is 11.3 Å². The first-order chi connectivity index (χ1) is 15.0. The zero-order chi connectivity index (χ0) is 21.8. The number of rotatable bonds is 5. The van der Waals surface area contributed by atoms with Gasteiger partial charge in [0, 0.05) is 10.1 Å². The van der Waals surface area contributed by atoms with Gasteiger partial charge in [0.1, 0.15) is 16.4 Å². The van der Waals surface area contributed by atoms with Gasteiger partial charge in [-0.25, -0.2) is 10.2 Å². The molecule has 0 aliphatic rings. The minimum Gasteiger partial charge on any atom is -0.507 e. The van der Waals surface area contributed by atoms with Gasteiger partial charge in [0.05, 0.1) is 16.8 Å². The Labute approximate surface area is 186 Å². The molecule has 0 atom stereocenters. The van der Waals surface area contributed by atoms with Crippen LogP contribution in [0.15, 0.2) is 77.9 Å². The smallest absolute Gasteiger partial charge is 0.355 e. The molecule has 0 aliphatic heterocycles. The molecule has 1 heterocycles. The van der Waals surface area contributed by atoms with Gasteiger partial charge in [-0.2, -0.15) is 5.10 Å². The normalized spacial score (nSPS) is 11.0. The standard InChI is InChI=1S/C23H15ClN2O4S/c24-20-17-6-2-4-8-19(17)31-21(20)23(29)30-15-11-9-14(10-12-15)13-25-26-22(28)16-5-1-3-7-18(16)27/h1-13,27H,(H,26,28)/b25-13+. The first-order valence-electron chi connectivity index (χ1n) is 9.13. The number of benzene rings is 3. The lowest BCUT2D eigenvalue weighted by atomic mass is 10.2. The fraction of sp³-hybridized carbons (Fsp3) is 0. The molecule has 0 bridgehead atoms. The third-order valence-corrected chi connectivity index (χ3v) is 5.99. The zero-order valence-corrected chi connectivity index (χ0v) is 17.5. The molecule has 0 saturated carbocycles. The summed E-state index contributed by atoms with van der Waals surface area (Å²) in [5.74, 6) is -0.823. The molecule has 0 unspecified atom stereocenters. The summed E-state index contributed by atoms with van der Waals surface area (Å²) in [7, 11) is 0. The van der Waals surface area contributed by atoms with Crippen LogP contribution < -0.4 is 10.2 Å². The third-order valence-electron chi connectivity index (χ3n) is 4.34. The minimum atomic E-state index is -0.528. The number of hydrogen-bond donors (Lipinski definition) is 2. The van der Waals surface area contributed by atoms with Crippen LogP contribution in [0.1, 0.15) is 25.6 Å². The van der Waals surface area contributed by atoms with Gasteiger partial charge in [0.2, 0.25) is 0 Å². The maximum absolute atomic E-state index is 12.5. The maximum Gasteiger partial charge on any atom is 0.355 e. The lowest BCUT2D eigenvalue weighted by molar-refractivity contribution is 0.0739. The summed E-state index contributed by atoms with van der Waals surface area (Å²) in [5.41, 5.74) is 3.15. The van der Waals surface area contributed by atoms with Crippen molar-refractivity contribution in [3.05, 3.63) is 93.8 Å². The third kappa shape index (κ3) is 4.58. The van der Waals surface area contributed by atoms with Crippen LogP contribution in [-0.4, -0.2) is 23.2 Å². The molecular weight excluding hydrogens is 436 g/mol. The molecule has 1 amide bonds. The van der Waals surface area contributed by atoms with E-state index in [4.69, 9.17) is 16.3 Å². The van der Waals surface area contributed by atoms with Crippen molar-refractivity contribution in [3.63, 3.8) is 0 Å². The van der Waals surface area contributed by atoms with Gasteiger partial charge in [-0.1, -0.05) is 41.9 Å². The first-order valence-corrected chi connectivity index (χ1v) is 10.3. The molecule has 6 nitrogen and oxygen atoms in total. The number of phenolic OH excluding ortho intramolecular Hbond substituents is 1. The largest absolute Gasteiger partial charge is 0.507 e. The van der Waals surface area contributed by atoms with E-state index in [0.717, 1.165) is 10.1 Å². The zero-order valence-electron chi connectivity index (χ0n) is 15.9. The number of nitrogens with zero attached hydrogens (tertiary/aromatic N) is 1. The Hall–Kier alpha value is -3.68. The highest BCUT2D eigenvalue weighted by atomic mass is 35.5. The number of thiophene rings is 1. The van der Waals surface area contributed by atoms with Crippen molar-refractivity contribution < 1.29 is 19.4 Å². The molecule has 0 aliphatic carbocycles. The highest BCUT2D eigenvalue weighted by molar-refractivity contribution is 7.21. The molecule has 154 valence electrons. The van der Waals surface area contributed by atoms with Gasteiger partial charge in [0.25, 0.3) is 5.91 Å². The number of phenols is 1. The Morgan fingerprint density at radius 2 is 1.71 bits per heavy atom. The highest BCUT2D eigenvalue weighted by Crippen LogP contribution is 2.35. The van der Waals surface area contributed by atoms with Gasteiger partial charge in [-0.05, 0) is 48.0 Å². The molecule has 1 aromatic heterocycles. The molecule has 3 aromatic carbocycles. The average molecular weight is 451 g/mol. The van der Waals surface area contributed by atoms with Crippen molar-refractivity contribution in [3.8, 4) is 11.5 Å². The van der Waals surface area contributed by atoms with E-state index < -0.39 is 11.9 Å². The molecule has 4 aromatic rings. The van der Waals surface area contributed by atoms with Crippen molar-refractivity contribution in [2.45, 2.75) is 0 Å². The number of hydrazone groups is 1. The summed E-state index contributed by atoms with van der Waals surface area (Å²) < 4.78 is 6.34. The maximum atomic E-state index is 12.5. The number of halogens is 1. The Morgan fingerprint density at radius 1 is 1.00 bits per heavy atom. The second kappa shape index (κ2) is 8.99. The van der Waals surface area contributed by atoms with E-state index in [0.29, 0.717) is 21.2 Å². The number of aromatic hydroxyl groups is 1. The fourth-order valence-corrected chi connectivity index (χ4v) is 4.20. The first kappa shape index (κ1) is 20.6.